The Hall–Kier alpha value is -7.49. The van der Waals surface area contributed by atoms with Crippen LogP contribution < -0.4 is 20.9 Å². The summed E-state index contributed by atoms with van der Waals surface area (Å²) < 4.78 is 17.9. The zero-order valence-electron chi connectivity index (χ0n) is 39.5. The first-order chi connectivity index (χ1) is 35.0. The van der Waals surface area contributed by atoms with E-state index in [4.69, 9.17) is 25.8 Å². The minimum atomic E-state index is -0.923. The number of aliphatic hydroxyl groups excluding tert-OH is 1. The van der Waals surface area contributed by atoms with Gasteiger partial charge in [0.25, 0.3) is 5.91 Å². The number of phenols is 1. The van der Waals surface area contributed by atoms with Gasteiger partial charge in [-0.25, -0.2) is 9.59 Å². The second-order valence-electron chi connectivity index (χ2n) is 18.2. The summed E-state index contributed by atoms with van der Waals surface area (Å²) in [4.78, 5) is 59.0. The first kappa shape index (κ1) is 49.5. The Balaban J connectivity index is 0.772. The number of nitrogens with one attached hydrogen (secondary N) is 3. The maximum Gasteiger partial charge on any atom is 0.408 e. The van der Waals surface area contributed by atoms with E-state index in [9.17, 15) is 29.4 Å². The van der Waals surface area contributed by atoms with E-state index in [2.05, 4.69) is 20.5 Å². The van der Waals surface area contributed by atoms with Crippen LogP contribution in [-0.4, -0.2) is 88.4 Å². The smallest absolute Gasteiger partial charge is 0.408 e. The van der Waals surface area contributed by atoms with Crippen LogP contribution in [0.5, 0.6) is 11.5 Å². The van der Waals surface area contributed by atoms with Crippen LogP contribution in [-0.2, 0) is 29.2 Å². The van der Waals surface area contributed by atoms with Crippen LogP contribution in [0.2, 0.25) is 5.02 Å². The predicted molar refractivity (Wildman–Crippen MR) is 274 cm³/mol. The molecular weight excluding hydrogens is 934 g/mol. The lowest BCUT2D eigenvalue weighted by atomic mass is 9.86. The number of carbonyl (C=O) groups excluding carboxylic acids is 3. The number of nitrogens with zero attached hydrogens (tertiary/aromatic N) is 2. The van der Waals surface area contributed by atoms with Gasteiger partial charge in [-0.1, -0.05) is 96.5 Å². The Kier molecular flexibility index (Phi) is 15.9. The number of alkyl carbamates (subject to hydrolysis) is 1. The van der Waals surface area contributed by atoms with Crippen molar-refractivity contribution in [1.29, 1.82) is 0 Å². The number of hydrogen-bond donors (Lipinski definition) is 5. The summed E-state index contributed by atoms with van der Waals surface area (Å²) in [5.41, 5.74) is 5.58. The van der Waals surface area contributed by atoms with Gasteiger partial charge in [0, 0.05) is 48.2 Å². The van der Waals surface area contributed by atoms with Gasteiger partial charge in [-0.15, -0.1) is 0 Å². The Morgan fingerprint density at radius 3 is 2.24 bits per heavy atom. The molecule has 6 aromatic carbocycles. The molecule has 14 nitrogen and oxygen atoms in total. The number of carbonyl (C=O) groups is 3. The Labute approximate surface area is 422 Å². The first-order valence-corrected chi connectivity index (χ1v) is 24.5. The molecule has 370 valence electrons. The summed E-state index contributed by atoms with van der Waals surface area (Å²) in [5, 5.41) is 28.6. The molecule has 5 N–H and O–H groups in total. The molecule has 0 radical (unpaired) electrons. The number of aromatic hydroxyl groups is 1. The molecule has 0 saturated carbocycles. The summed E-state index contributed by atoms with van der Waals surface area (Å²) in [6.07, 6.45) is 0.624. The molecule has 3 aliphatic heterocycles. The van der Waals surface area contributed by atoms with Crippen molar-refractivity contribution in [2.45, 2.75) is 50.8 Å². The average molecular weight is 991 g/mol. The van der Waals surface area contributed by atoms with Crippen molar-refractivity contribution in [1.82, 2.24) is 25.4 Å². The van der Waals surface area contributed by atoms with Crippen LogP contribution in [0.4, 0.5) is 4.79 Å². The normalized spacial score (nSPS) is 16.9. The number of aromatic nitrogens is 1. The number of pyridine rings is 1. The third-order valence-electron chi connectivity index (χ3n) is 13.3. The molecule has 0 spiro atoms. The molecule has 4 heterocycles. The van der Waals surface area contributed by atoms with E-state index in [1.54, 1.807) is 65.6 Å². The molecule has 10 rings (SSSR count). The number of fused-ring (bicyclic) bond motifs is 4. The van der Waals surface area contributed by atoms with Crippen LogP contribution in [0.15, 0.2) is 156 Å². The number of aromatic amines is 1. The fourth-order valence-electron chi connectivity index (χ4n) is 9.38. The number of halogens is 1. The SMILES string of the molecule is O=C(N[C@@H](c1ccccc1)c1cccc(OCc2ccc(C(=O)OCCN(Cc3ccc(Cl)cc3)C(=O)c3ccc(CNCC(O)c4ccc(O)c5[nH]c(=O)ccc45)cc3)cc2)c1)OC1CN2CCC1CC2. The molecule has 2 amide bonds. The Morgan fingerprint density at radius 2 is 1.50 bits per heavy atom. The van der Waals surface area contributed by atoms with Gasteiger partial charge in [0.15, 0.2) is 0 Å². The average Bonchev–Trinajstić information content (AvgIpc) is 3.41. The van der Waals surface area contributed by atoms with Gasteiger partial charge in [-0.3, -0.25) is 14.5 Å². The maximum atomic E-state index is 14.0. The van der Waals surface area contributed by atoms with Gasteiger partial charge < -0.3 is 44.9 Å². The topological polar surface area (TPSA) is 183 Å². The van der Waals surface area contributed by atoms with Gasteiger partial charge in [0.05, 0.1) is 29.8 Å². The highest BCUT2D eigenvalue weighted by atomic mass is 35.5. The van der Waals surface area contributed by atoms with E-state index in [1.807, 2.05) is 78.9 Å². The molecule has 72 heavy (non-hydrogen) atoms. The monoisotopic (exact) mass is 989 g/mol. The molecule has 7 aromatic rings. The highest BCUT2D eigenvalue weighted by molar-refractivity contribution is 6.30. The number of esters is 1. The molecule has 2 bridgehead atoms. The summed E-state index contributed by atoms with van der Waals surface area (Å²) in [6, 6.07) is 44.2. The van der Waals surface area contributed by atoms with E-state index in [0.717, 1.165) is 60.3 Å². The third kappa shape index (κ3) is 12.5. The maximum absolute atomic E-state index is 14.0. The minimum absolute atomic E-state index is 0.0493. The van der Waals surface area contributed by atoms with E-state index in [0.29, 0.717) is 45.3 Å². The number of hydrogen-bond acceptors (Lipinski definition) is 11. The van der Waals surface area contributed by atoms with Crippen molar-refractivity contribution in [2.75, 3.05) is 39.3 Å². The van der Waals surface area contributed by atoms with Crippen LogP contribution in [0.1, 0.15) is 79.1 Å². The Bertz CT molecular complexity index is 3040. The van der Waals surface area contributed by atoms with Gasteiger partial charge >= 0.3 is 12.1 Å². The van der Waals surface area contributed by atoms with Crippen molar-refractivity contribution >= 4 is 40.5 Å². The number of phenolic OH excluding ortho intramolecular Hbond substituents is 1. The molecule has 0 aliphatic carbocycles. The van der Waals surface area contributed by atoms with Gasteiger partial charge in [-0.05, 0) is 126 Å². The number of H-pyrrole nitrogens is 1. The van der Waals surface area contributed by atoms with E-state index < -0.39 is 24.2 Å². The molecular formula is C57H56ClN5O9. The molecule has 3 fully saturated rings. The molecule has 2 unspecified atom stereocenters. The van der Waals surface area contributed by atoms with Gasteiger partial charge in [-0.2, -0.15) is 0 Å². The summed E-state index contributed by atoms with van der Waals surface area (Å²) in [6.45, 7) is 4.05. The van der Waals surface area contributed by atoms with Crippen LogP contribution in [0.25, 0.3) is 10.9 Å². The van der Waals surface area contributed by atoms with Crippen LogP contribution >= 0.6 is 11.6 Å². The van der Waals surface area contributed by atoms with E-state index in [-0.39, 0.29) is 61.7 Å². The number of amides is 2. The number of benzene rings is 6. The number of piperidine rings is 3. The van der Waals surface area contributed by atoms with E-state index >= 15 is 0 Å². The lowest BCUT2D eigenvalue weighted by Crippen LogP contribution is -2.52. The third-order valence-corrected chi connectivity index (χ3v) is 13.6. The lowest BCUT2D eigenvalue weighted by molar-refractivity contribution is -0.0336. The van der Waals surface area contributed by atoms with Gasteiger partial charge in [0.1, 0.15) is 30.8 Å². The summed E-state index contributed by atoms with van der Waals surface area (Å²) in [7, 11) is 0. The quantitative estimate of drug-likeness (QED) is 0.0489. The van der Waals surface area contributed by atoms with Crippen molar-refractivity contribution in [3.8, 4) is 11.5 Å². The van der Waals surface area contributed by atoms with Crippen LogP contribution in [0.3, 0.4) is 0 Å². The van der Waals surface area contributed by atoms with E-state index in [1.165, 1.54) is 12.1 Å². The number of rotatable bonds is 19. The largest absolute Gasteiger partial charge is 0.506 e. The number of aliphatic hydroxyl groups is 1. The predicted octanol–water partition coefficient (Wildman–Crippen LogP) is 8.70. The van der Waals surface area contributed by atoms with Gasteiger partial charge in [0.2, 0.25) is 5.56 Å². The molecule has 15 heteroatoms. The number of ether oxygens (including phenoxy) is 3. The fraction of sp³-hybridized carbons (Fsp3) is 0.263. The zero-order valence-corrected chi connectivity index (χ0v) is 40.3. The minimum Gasteiger partial charge on any atom is -0.506 e. The van der Waals surface area contributed by atoms with Crippen molar-refractivity contribution < 1.29 is 38.8 Å². The van der Waals surface area contributed by atoms with Crippen LogP contribution in [0, 0.1) is 5.92 Å². The standard InChI is InChI=1S/C57H56ClN5O9/c58-45-19-13-38(14-20-45)34-63(55(67)42-15-9-37(10-16-42)32-59-33-50(65)47-21-23-49(64)54-48(47)22-24-52(66)60-54)29-30-70-56(68)43-17-11-39(12-18-43)36-71-46-8-4-7-44(31-46)53(41-5-2-1-3-6-41)61-57(69)72-51-35-62-27-25-40(51)26-28-62/h1-24,31,40,50-51,53,59,64-65H,25-30,32-36H2,(H,60,66)(H,61,69)/t50?,51?,53-/m0/s1. The zero-order chi connectivity index (χ0) is 50.0. The van der Waals surface area contributed by atoms with Crippen molar-refractivity contribution in [3.63, 3.8) is 0 Å². The highest BCUT2D eigenvalue weighted by Gasteiger charge is 2.37. The molecule has 3 aliphatic rings. The molecule has 3 saturated heterocycles. The molecule has 1 aromatic heterocycles. The Morgan fingerprint density at radius 1 is 0.792 bits per heavy atom. The second kappa shape index (κ2) is 23.2. The summed E-state index contributed by atoms with van der Waals surface area (Å²) >= 11 is 6.15. The highest BCUT2D eigenvalue weighted by Crippen LogP contribution is 2.32. The summed E-state index contributed by atoms with van der Waals surface area (Å²) in [5.74, 6) is 0.148. The lowest BCUT2D eigenvalue weighted by Gasteiger charge is -2.43. The van der Waals surface area contributed by atoms with Crippen molar-refractivity contribution in [2.24, 2.45) is 5.92 Å². The second-order valence-corrected chi connectivity index (χ2v) is 18.7. The molecule has 3 atom stereocenters. The fourth-order valence-corrected chi connectivity index (χ4v) is 9.51. The van der Waals surface area contributed by atoms with Crippen molar-refractivity contribution in [3.05, 3.63) is 212 Å². The first-order valence-electron chi connectivity index (χ1n) is 24.1.